The van der Waals surface area contributed by atoms with Crippen molar-refractivity contribution in [3.63, 3.8) is 0 Å². The molecule has 180 valence electrons. The van der Waals surface area contributed by atoms with E-state index in [0.29, 0.717) is 47.1 Å². The monoisotopic (exact) mass is 468 g/mol. The van der Waals surface area contributed by atoms with Crippen molar-refractivity contribution in [1.29, 1.82) is 0 Å². The Bertz CT molecular complexity index is 1060. The Morgan fingerprint density at radius 3 is 2.85 bits per heavy atom. The van der Waals surface area contributed by atoms with Gasteiger partial charge in [0.15, 0.2) is 11.5 Å². The smallest absolute Gasteiger partial charge is 0.329 e. The van der Waals surface area contributed by atoms with E-state index in [4.69, 9.17) is 24.1 Å². The molecular weight excluding hydrogens is 440 g/mol. The molecule has 2 heterocycles. The minimum atomic E-state index is -0.931. The Morgan fingerprint density at radius 2 is 1.97 bits per heavy atom. The van der Waals surface area contributed by atoms with Gasteiger partial charge in [-0.05, 0) is 61.3 Å². The van der Waals surface area contributed by atoms with E-state index >= 15 is 0 Å². The van der Waals surface area contributed by atoms with E-state index in [-0.39, 0.29) is 31.3 Å². The van der Waals surface area contributed by atoms with Gasteiger partial charge in [0.05, 0.1) is 6.10 Å². The second-order valence-corrected chi connectivity index (χ2v) is 9.11. The zero-order valence-corrected chi connectivity index (χ0v) is 18.8. The van der Waals surface area contributed by atoms with Crippen molar-refractivity contribution in [3.05, 3.63) is 42.1 Å². The maximum Gasteiger partial charge on any atom is 0.329 e. The van der Waals surface area contributed by atoms with Crippen LogP contribution in [-0.4, -0.2) is 48.0 Å². The van der Waals surface area contributed by atoms with Crippen molar-refractivity contribution in [3.8, 4) is 23.1 Å². The van der Waals surface area contributed by atoms with Crippen LogP contribution >= 0.6 is 0 Å². The van der Waals surface area contributed by atoms with Crippen LogP contribution in [0.15, 0.2) is 36.5 Å². The second-order valence-electron chi connectivity index (χ2n) is 9.11. The summed E-state index contributed by atoms with van der Waals surface area (Å²) in [5.41, 5.74) is 0.363. The average molecular weight is 469 g/mol. The van der Waals surface area contributed by atoms with Crippen molar-refractivity contribution < 1.29 is 33.6 Å². The van der Waals surface area contributed by atoms with E-state index in [1.165, 1.54) is 0 Å². The molecule has 9 nitrogen and oxygen atoms in total. The van der Waals surface area contributed by atoms with Crippen LogP contribution in [0.5, 0.6) is 23.1 Å². The van der Waals surface area contributed by atoms with E-state index in [0.717, 1.165) is 32.1 Å². The molecule has 0 spiro atoms. The first kappa shape index (κ1) is 22.5. The molecule has 34 heavy (non-hydrogen) atoms. The van der Waals surface area contributed by atoms with Crippen LogP contribution < -0.4 is 19.5 Å². The largest absolute Gasteiger partial charge is 0.480 e. The Morgan fingerprint density at radius 1 is 1.12 bits per heavy atom. The highest BCUT2D eigenvalue weighted by atomic mass is 16.7. The van der Waals surface area contributed by atoms with Gasteiger partial charge in [-0.25, -0.2) is 9.78 Å². The maximum atomic E-state index is 13.1. The lowest BCUT2D eigenvalue weighted by atomic mass is 9.73. The molecule has 1 aromatic heterocycles. The summed E-state index contributed by atoms with van der Waals surface area (Å²) < 4.78 is 22.3. The molecule has 1 aliphatic heterocycles. The molecule has 9 heteroatoms. The quantitative estimate of drug-likeness (QED) is 0.603. The van der Waals surface area contributed by atoms with Crippen molar-refractivity contribution >= 4 is 11.9 Å². The number of rotatable bonds is 8. The molecule has 3 aliphatic carbocycles. The minimum Gasteiger partial charge on any atom is -0.480 e. The molecule has 3 fully saturated rings. The average Bonchev–Trinajstić information content (AvgIpc) is 3.10. The predicted molar refractivity (Wildman–Crippen MR) is 120 cm³/mol. The minimum absolute atomic E-state index is 0.00409. The maximum absolute atomic E-state index is 13.1. The molecule has 4 aliphatic rings. The molecular formula is C25H28N2O7. The van der Waals surface area contributed by atoms with Gasteiger partial charge in [-0.2, -0.15) is 0 Å². The number of ether oxygens (including phenoxy) is 4. The first-order valence-corrected chi connectivity index (χ1v) is 11.7. The number of nitrogens with zero attached hydrogens (tertiary/aromatic N) is 1. The number of hydrogen-bond donors (Lipinski definition) is 2. The fourth-order valence-electron chi connectivity index (χ4n) is 5.36. The van der Waals surface area contributed by atoms with Crippen LogP contribution in [0.4, 0.5) is 0 Å². The predicted octanol–water partition coefficient (Wildman–Crippen LogP) is 3.63. The third-order valence-electron chi connectivity index (χ3n) is 7.00. The first-order chi connectivity index (χ1) is 16.6. The summed E-state index contributed by atoms with van der Waals surface area (Å²) in [6, 6.07) is 8.62. The van der Waals surface area contributed by atoms with Crippen molar-refractivity contribution in [2.24, 2.45) is 17.8 Å². The number of aromatic nitrogens is 1. The first-order valence-electron chi connectivity index (χ1n) is 11.7. The number of nitrogens with one attached hydrogen (secondary N) is 1. The van der Waals surface area contributed by atoms with Crippen LogP contribution in [0.1, 0.15) is 42.5 Å². The topological polar surface area (TPSA) is 116 Å². The molecule has 0 saturated heterocycles. The summed E-state index contributed by atoms with van der Waals surface area (Å²) in [6.45, 7) is 0.484. The van der Waals surface area contributed by atoms with Crippen LogP contribution in [0.3, 0.4) is 0 Å². The molecule has 4 unspecified atom stereocenters. The summed E-state index contributed by atoms with van der Waals surface area (Å²) in [5, 5.41) is 12.0. The fraction of sp³-hybridized carbons (Fsp3) is 0.480. The van der Waals surface area contributed by atoms with Gasteiger partial charge >= 0.3 is 5.97 Å². The van der Waals surface area contributed by atoms with Crippen LogP contribution in [0.2, 0.25) is 0 Å². The standard InChI is InChI=1S/C25H28N2O7/c28-23(29)13-31-21-10-15-3-1-4-16(21)9-17(15)12-27-24(30)19-5-2-8-26-25(19)34-18-6-7-20-22(11-18)33-14-32-20/h2,5-8,11,15-17,21H,1,3-4,9-10,12-14H2,(H,27,30)(H,28,29). The van der Waals surface area contributed by atoms with Gasteiger partial charge in [0.1, 0.15) is 17.9 Å². The van der Waals surface area contributed by atoms with Crippen LogP contribution in [0, 0.1) is 17.8 Å². The Kier molecular flexibility index (Phi) is 6.53. The highest BCUT2D eigenvalue weighted by Crippen LogP contribution is 2.44. The number of amides is 1. The number of aliphatic carboxylic acids is 1. The third-order valence-corrected chi connectivity index (χ3v) is 7.00. The number of carbonyl (C=O) groups excluding carboxylic acids is 1. The lowest BCUT2D eigenvalue weighted by Gasteiger charge is -2.38. The van der Waals surface area contributed by atoms with Gasteiger partial charge in [-0.15, -0.1) is 0 Å². The summed E-state index contributed by atoms with van der Waals surface area (Å²) >= 11 is 0. The van der Waals surface area contributed by atoms with E-state index in [1.807, 2.05) is 0 Å². The third kappa shape index (κ3) is 4.94. The van der Waals surface area contributed by atoms with Gasteiger partial charge in [0.25, 0.3) is 5.91 Å². The molecule has 0 radical (unpaired) electrons. The van der Waals surface area contributed by atoms with E-state index < -0.39 is 5.97 Å². The number of fused-ring (bicyclic) bond motifs is 5. The summed E-state index contributed by atoms with van der Waals surface area (Å²) in [6.07, 6.45) is 6.60. The van der Waals surface area contributed by atoms with Gasteiger partial charge in [-0.1, -0.05) is 12.8 Å². The number of carboxylic acid groups (broad SMARTS) is 1. The zero-order chi connectivity index (χ0) is 23.5. The highest BCUT2D eigenvalue weighted by molar-refractivity contribution is 5.96. The molecule has 1 amide bonds. The van der Waals surface area contributed by atoms with Crippen LogP contribution in [0.25, 0.3) is 0 Å². The number of carbonyl (C=O) groups is 2. The number of carboxylic acids is 1. The van der Waals surface area contributed by atoms with E-state index in [9.17, 15) is 9.59 Å². The molecule has 2 bridgehead atoms. The number of pyridine rings is 1. The lowest BCUT2D eigenvalue weighted by molar-refractivity contribution is -0.147. The summed E-state index contributed by atoms with van der Waals surface area (Å²) in [5.74, 6) is 1.90. The van der Waals surface area contributed by atoms with Gasteiger partial charge in [0, 0.05) is 18.8 Å². The highest BCUT2D eigenvalue weighted by Gasteiger charge is 2.40. The SMILES string of the molecule is O=C(O)COC1CC2CCCC1CC2CNC(=O)c1cccnc1Oc1ccc2c(c1)OCO2. The van der Waals surface area contributed by atoms with Gasteiger partial charge in [-0.3, -0.25) is 4.79 Å². The van der Waals surface area contributed by atoms with Crippen molar-refractivity contribution in [1.82, 2.24) is 10.3 Å². The van der Waals surface area contributed by atoms with Crippen molar-refractivity contribution in [2.75, 3.05) is 19.9 Å². The molecule has 4 atom stereocenters. The fourth-order valence-corrected chi connectivity index (χ4v) is 5.36. The Balaban J connectivity index is 1.21. The van der Waals surface area contributed by atoms with Gasteiger partial charge < -0.3 is 29.4 Å². The summed E-state index contributed by atoms with van der Waals surface area (Å²) in [7, 11) is 0. The Hall–Kier alpha value is -3.33. The van der Waals surface area contributed by atoms with E-state index in [1.54, 1.807) is 36.5 Å². The zero-order valence-electron chi connectivity index (χ0n) is 18.8. The second kappa shape index (κ2) is 9.89. The molecule has 6 rings (SSSR count). The molecule has 1 aromatic carbocycles. The molecule has 2 aromatic rings. The molecule has 3 saturated carbocycles. The Labute approximate surface area is 197 Å². The van der Waals surface area contributed by atoms with Gasteiger partial charge in [0.2, 0.25) is 12.7 Å². The molecule has 2 N–H and O–H groups in total. The number of benzene rings is 1. The lowest BCUT2D eigenvalue weighted by Crippen LogP contribution is -2.41. The normalized spacial score (nSPS) is 24.9. The van der Waals surface area contributed by atoms with Crippen LogP contribution in [-0.2, 0) is 9.53 Å². The van der Waals surface area contributed by atoms with Crippen molar-refractivity contribution in [2.45, 2.75) is 38.2 Å². The summed E-state index contributed by atoms with van der Waals surface area (Å²) in [4.78, 5) is 28.2. The number of hydrogen-bond acceptors (Lipinski definition) is 7. The van der Waals surface area contributed by atoms with E-state index in [2.05, 4.69) is 10.3 Å².